The Labute approximate surface area is 131 Å². The maximum absolute atomic E-state index is 12.4. The fourth-order valence-electron chi connectivity index (χ4n) is 3.52. The van der Waals surface area contributed by atoms with Crippen LogP contribution in [0.5, 0.6) is 0 Å². The highest BCUT2D eigenvalue weighted by Crippen LogP contribution is 2.42. The van der Waals surface area contributed by atoms with Gasteiger partial charge in [0.2, 0.25) is 5.91 Å². The summed E-state index contributed by atoms with van der Waals surface area (Å²) in [6.07, 6.45) is 6.11. The number of aliphatic carboxylic acids is 1. The van der Waals surface area contributed by atoms with Gasteiger partial charge in [-0.2, -0.15) is 0 Å². The minimum absolute atomic E-state index is 0.0657. The lowest BCUT2D eigenvalue weighted by atomic mass is 9.69. The molecule has 1 aromatic rings. The third-order valence-corrected chi connectivity index (χ3v) is 4.65. The van der Waals surface area contributed by atoms with E-state index in [1.807, 2.05) is 24.3 Å². The van der Waals surface area contributed by atoms with E-state index in [2.05, 4.69) is 12.2 Å². The van der Waals surface area contributed by atoms with E-state index in [-0.39, 0.29) is 17.7 Å². The molecule has 1 aliphatic carbocycles. The van der Waals surface area contributed by atoms with Crippen molar-refractivity contribution < 1.29 is 14.7 Å². The van der Waals surface area contributed by atoms with Crippen LogP contribution >= 0.6 is 0 Å². The molecule has 22 heavy (non-hydrogen) atoms. The van der Waals surface area contributed by atoms with Crippen LogP contribution in [0, 0.1) is 5.41 Å². The van der Waals surface area contributed by atoms with Gasteiger partial charge in [-0.15, -0.1) is 0 Å². The van der Waals surface area contributed by atoms with E-state index in [1.165, 1.54) is 0 Å². The number of hydrogen-bond acceptors (Lipinski definition) is 2. The summed E-state index contributed by atoms with van der Waals surface area (Å²) >= 11 is 0. The molecule has 0 radical (unpaired) electrons. The minimum atomic E-state index is -0.802. The molecule has 1 amide bonds. The molecule has 0 aliphatic heterocycles. The molecular weight excluding hydrogens is 278 g/mol. The van der Waals surface area contributed by atoms with E-state index < -0.39 is 5.97 Å². The van der Waals surface area contributed by atoms with Crippen LogP contribution in [-0.2, 0) is 16.0 Å². The highest BCUT2D eigenvalue weighted by Gasteiger charge is 2.36. The first-order valence-corrected chi connectivity index (χ1v) is 8.14. The topological polar surface area (TPSA) is 66.4 Å². The maximum Gasteiger partial charge on any atom is 0.303 e. The van der Waals surface area contributed by atoms with Crippen molar-refractivity contribution in [2.45, 2.75) is 58.3 Å². The first-order chi connectivity index (χ1) is 10.5. The van der Waals surface area contributed by atoms with Crippen LogP contribution in [0.1, 0.15) is 57.4 Å². The molecule has 0 spiro atoms. The molecule has 1 aromatic carbocycles. The summed E-state index contributed by atoms with van der Waals surface area (Å²) in [4.78, 5) is 23.6. The van der Waals surface area contributed by atoms with Crippen LogP contribution in [0.25, 0.3) is 0 Å². The minimum Gasteiger partial charge on any atom is -0.481 e. The van der Waals surface area contributed by atoms with Crippen molar-refractivity contribution in [3.63, 3.8) is 0 Å². The van der Waals surface area contributed by atoms with Crippen molar-refractivity contribution in [3.8, 4) is 0 Å². The number of nitrogens with one attached hydrogen (secondary N) is 1. The van der Waals surface area contributed by atoms with Crippen LogP contribution < -0.4 is 5.32 Å². The Morgan fingerprint density at radius 3 is 2.45 bits per heavy atom. The number of carbonyl (C=O) groups excluding carboxylic acids is 1. The SMILES string of the molecule is CCc1ccccc1NC(=O)CC1(CC(=O)O)CCCCC1. The molecule has 2 rings (SSSR count). The lowest BCUT2D eigenvalue weighted by Gasteiger charge is -2.35. The quantitative estimate of drug-likeness (QED) is 0.834. The van der Waals surface area contributed by atoms with E-state index in [0.29, 0.717) is 6.42 Å². The summed E-state index contributed by atoms with van der Waals surface area (Å²) in [5.41, 5.74) is 1.58. The van der Waals surface area contributed by atoms with E-state index in [9.17, 15) is 14.7 Å². The molecular formula is C18H25NO3. The highest BCUT2D eigenvalue weighted by atomic mass is 16.4. The van der Waals surface area contributed by atoms with Crippen LogP contribution in [0.3, 0.4) is 0 Å². The monoisotopic (exact) mass is 303 g/mol. The van der Waals surface area contributed by atoms with Gasteiger partial charge < -0.3 is 10.4 Å². The van der Waals surface area contributed by atoms with Crippen LogP contribution in [0.2, 0.25) is 0 Å². The molecule has 0 heterocycles. The average Bonchev–Trinajstić information content (AvgIpc) is 2.47. The van der Waals surface area contributed by atoms with Crippen LogP contribution in [0.4, 0.5) is 5.69 Å². The fourth-order valence-corrected chi connectivity index (χ4v) is 3.52. The molecule has 1 saturated carbocycles. The van der Waals surface area contributed by atoms with Gasteiger partial charge in [0.1, 0.15) is 0 Å². The predicted octanol–water partition coefficient (Wildman–Crippen LogP) is 4.00. The zero-order chi connectivity index (χ0) is 16.0. The van der Waals surface area contributed by atoms with E-state index in [0.717, 1.165) is 49.8 Å². The van der Waals surface area contributed by atoms with Gasteiger partial charge in [0.15, 0.2) is 0 Å². The van der Waals surface area contributed by atoms with Gasteiger partial charge >= 0.3 is 5.97 Å². The summed E-state index contributed by atoms with van der Waals surface area (Å²) in [7, 11) is 0. The van der Waals surface area contributed by atoms with Gasteiger partial charge in [-0.05, 0) is 36.3 Å². The molecule has 2 N–H and O–H groups in total. The van der Waals surface area contributed by atoms with Crippen LogP contribution in [-0.4, -0.2) is 17.0 Å². The molecule has 0 bridgehead atoms. The van der Waals surface area contributed by atoms with E-state index in [4.69, 9.17) is 0 Å². The van der Waals surface area contributed by atoms with Crippen LogP contribution in [0.15, 0.2) is 24.3 Å². The Balaban J connectivity index is 2.06. The molecule has 0 unspecified atom stereocenters. The number of carboxylic acids is 1. The molecule has 120 valence electrons. The number of rotatable bonds is 6. The molecule has 0 atom stereocenters. The smallest absolute Gasteiger partial charge is 0.303 e. The predicted molar refractivity (Wildman–Crippen MR) is 86.8 cm³/mol. The van der Waals surface area contributed by atoms with Gasteiger partial charge in [0.05, 0.1) is 6.42 Å². The molecule has 4 heteroatoms. The number of para-hydroxylation sites is 1. The second-order valence-electron chi connectivity index (χ2n) is 6.37. The number of anilines is 1. The number of amides is 1. The Kier molecular flexibility index (Phi) is 5.58. The second-order valence-corrected chi connectivity index (χ2v) is 6.37. The van der Waals surface area contributed by atoms with Gasteiger partial charge in [0, 0.05) is 12.1 Å². The molecule has 1 aliphatic rings. The summed E-state index contributed by atoms with van der Waals surface area (Å²) in [6, 6.07) is 7.77. The van der Waals surface area contributed by atoms with Crippen molar-refractivity contribution in [2.24, 2.45) is 5.41 Å². The zero-order valence-corrected chi connectivity index (χ0v) is 13.2. The number of carbonyl (C=O) groups is 2. The number of carboxylic acid groups (broad SMARTS) is 1. The Morgan fingerprint density at radius 1 is 1.14 bits per heavy atom. The number of benzene rings is 1. The first-order valence-electron chi connectivity index (χ1n) is 8.14. The van der Waals surface area contributed by atoms with Crippen molar-refractivity contribution in [2.75, 3.05) is 5.32 Å². The normalized spacial score (nSPS) is 17.0. The Hall–Kier alpha value is -1.84. The lowest BCUT2D eigenvalue weighted by molar-refractivity contribution is -0.140. The summed E-state index contributed by atoms with van der Waals surface area (Å²) in [5, 5.41) is 12.2. The zero-order valence-electron chi connectivity index (χ0n) is 13.2. The largest absolute Gasteiger partial charge is 0.481 e. The van der Waals surface area contributed by atoms with Crippen molar-refractivity contribution in [3.05, 3.63) is 29.8 Å². The summed E-state index contributed by atoms with van der Waals surface area (Å²) in [6.45, 7) is 2.05. The molecule has 4 nitrogen and oxygen atoms in total. The number of hydrogen-bond donors (Lipinski definition) is 2. The molecule has 0 aromatic heterocycles. The lowest BCUT2D eigenvalue weighted by Crippen LogP contribution is -2.32. The highest BCUT2D eigenvalue weighted by molar-refractivity contribution is 5.92. The maximum atomic E-state index is 12.4. The van der Waals surface area contributed by atoms with Crippen molar-refractivity contribution in [1.82, 2.24) is 0 Å². The van der Waals surface area contributed by atoms with Crippen molar-refractivity contribution in [1.29, 1.82) is 0 Å². The summed E-state index contributed by atoms with van der Waals surface area (Å²) < 4.78 is 0. The third-order valence-electron chi connectivity index (χ3n) is 4.65. The Bertz CT molecular complexity index is 533. The summed E-state index contributed by atoms with van der Waals surface area (Å²) in [5.74, 6) is -0.868. The van der Waals surface area contributed by atoms with E-state index in [1.54, 1.807) is 0 Å². The standard InChI is InChI=1S/C18H25NO3/c1-2-14-8-4-5-9-15(14)19-16(20)12-18(13-17(21)22)10-6-3-7-11-18/h4-5,8-9H,2-3,6-7,10-13H2,1H3,(H,19,20)(H,21,22). The Morgan fingerprint density at radius 2 is 1.82 bits per heavy atom. The average molecular weight is 303 g/mol. The van der Waals surface area contributed by atoms with Gasteiger partial charge in [-0.25, -0.2) is 0 Å². The van der Waals surface area contributed by atoms with E-state index >= 15 is 0 Å². The molecule has 0 saturated heterocycles. The fraction of sp³-hybridized carbons (Fsp3) is 0.556. The molecule has 1 fully saturated rings. The second kappa shape index (κ2) is 7.43. The number of aryl methyl sites for hydroxylation is 1. The van der Waals surface area contributed by atoms with Gasteiger partial charge in [0.25, 0.3) is 0 Å². The van der Waals surface area contributed by atoms with Crippen molar-refractivity contribution >= 4 is 17.6 Å². The van der Waals surface area contributed by atoms with Gasteiger partial charge in [-0.1, -0.05) is 44.4 Å². The third kappa shape index (κ3) is 4.33. The first kappa shape index (κ1) is 16.5. The van der Waals surface area contributed by atoms with Gasteiger partial charge in [-0.3, -0.25) is 9.59 Å².